The minimum atomic E-state index is -1.15. The number of amides is 1. The van der Waals surface area contributed by atoms with Crippen LogP contribution in [-0.2, 0) is 30.3 Å². The molecule has 5 aliphatic rings. The molecule has 6 atom stereocenters. The number of piperazine rings is 1. The summed E-state index contributed by atoms with van der Waals surface area (Å²) in [6, 6.07) is 17.1. The smallest absolute Gasteiger partial charge is 0.408 e. The molecule has 2 N–H and O–H groups in total. The van der Waals surface area contributed by atoms with Crippen molar-refractivity contribution in [2.75, 3.05) is 32.3 Å². The van der Waals surface area contributed by atoms with Crippen LogP contribution in [0.15, 0.2) is 77.1 Å². The molecule has 3 aromatic carbocycles. The van der Waals surface area contributed by atoms with Gasteiger partial charge in [0.2, 0.25) is 11.6 Å². The summed E-state index contributed by atoms with van der Waals surface area (Å²) in [6.07, 6.45) is -0.0757. The Morgan fingerprint density at radius 3 is 2.28 bits per heavy atom. The third-order valence-corrected chi connectivity index (χ3v) is 14.2. The predicted octanol–water partition coefficient (Wildman–Crippen LogP) is 6.82. The van der Waals surface area contributed by atoms with E-state index in [1.165, 1.54) is 40.9 Å². The van der Waals surface area contributed by atoms with E-state index in [2.05, 4.69) is 46.6 Å². The number of likely N-dealkylation sites (N-methyl/N-ethyl adjacent to an activating group) is 1. The number of aliphatic hydroxyl groups excluding tert-OH is 1. The number of aryl methyl sites for hydroxylation is 1. The number of ketones is 2. The highest BCUT2D eigenvalue weighted by molar-refractivity contribution is 7.99. The van der Waals surface area contributed by atoms with E-state index in [0.717, 1.165) is 28.0 Å². The molecule has 12 nitrogen and oxygen atoms in total. The van der Waals surface area contributed by atoms with Gasteiger partial charge >= 0.3 is 12.1 Å². The van der Waals surface area contributed by atoms with Crippen LogP contribution in [-0.4, -0.2) is 107 Å². The highest BCUT2D eigenvalue weighted by Crippen LogP contribution is 2.52. The predicted molar refractivity (Wildman–Crippen MR) is 231 cm³/mol. The van der Waals surface area contributed by atoms with Crippen molar-refractivity contribution in [3.05, 3.63) is 110 Å². The second-order valence-corrected chi connectivity index (χ2v) is 18.8. The molecule has 2 bridgehead atoms. The van der Waals surface area contributed by atoms with Gasteiger partial charge in [0, 0.05) is 46.2 Å². The minimum Gasteiger partial charge on any atom is -0.507 e. The number of allylic oxidation sites excluding steroid dienone is 2. The summed E-state index contributed by atoms with van der Waals surface area (Å²) < 4.78 is 17.6. The van der Waals surface area contributed by atoms with Crippen LogP contribution in [0.5, 0.6) is 5.75 Å². The van der Waals surface area contributed by atoms with Crippen molar-refractivity contribution in [1.29, 1.82) is 5.26 Å². The van der Waals surface area contributed by atoms with Crippen LogP contribution >= 0.6 is 11.8 Å². The van der Waals surface area contributed by atoms with E-state index in [1.807, 2.05) is 50.1 Å². The number of Topliss-reactive ketones (excluding diaryl/α,β-unsaturated/α-hetero) is 2. The number of carbonyl (C=O) groups is 4. The summed E-state index contributed by atoms with van der Waals surface area (Å²) in [5.41, 5.74) is 8.32. The average molecular weight is 845 g/mol. The maximum Gasteiger partial charge on any atom is 0.408 e. The van der Waals surface area contributed by atoms with E-state index >= 15 is 0 Å². The molecule has 8 rings (SSSR count). The van der Waals surface area contributed by atoms with Gasteiger partial charge in [0.05, 0.1) is 25.3 Å². The Bertz CT molecular complexity index is 2420. The summed E-state index contributed by atoms with van der Waals surface area (Å²) in [4.78, 5) is 59.2. The molecule has 0 spiro atoms. The Balaban J connectivity index is 1.12. The van der Waals surface area contributed by atoms with Crippen LogP contribution in [0, 0.1) is 25.2 Å². The number of nitrogens with zero attached hydrogens (tertiary/aromatic N) is 3. The Morgan fingerprint density at radius 1 is 1.00 bits per heavy atom. The lowest BCUT2D eigenvalue weighted by Crippen LogP contribution is -2.70. The van der Waals surface area contributed by atoms with Crippen LogP contribution in [0.3, 0.4) is 0 Å². The van der Waals surface area contributed by atoms with Crippen LogP contribution < -0.4 is 10.1 Å². The number of aliphatic hydroxyl groups is 1. The number of esters is 1. The zero-order valence-corrected chi connectivity index (χ0v) is 36.6. The lowest BCUT2D eigenvalue weighted by molar-refractivity contribution is -0.150. The summed E-state index contributed by atoms with van der Waals surface area (Å²) in [7, 11) is 3.64. The van der Waals surface area contributed by atoms with Gasteiger partial charge in [-0.1, -0.05) is 54.6 Å². The molecule has 2 aliphatic carbocycles. The molecule has 61 heavy (non-hydrogen) atoms. The Hall–Kier alpha value is -5.42. The van der Waals surface area contributed by atoms with Gasteiger partial charge in [-0.15, -0.1) is 0 Å². The minimum absolute atomic E-state index is 0.0306. The molecule has 0 saturated carbocycles. The molecule has 1 saturated heterocycles. The first-order chi connectivity index (χ1) is 29.1. The molecule has 13 heteroatoms. The molecule has 0 aromatic heterocycles. The van der Waals surface area contributed by atoms with Crippen LogP contribution in [0.1, 0.15) is 79.5 Å². The second kappa shape index (κ2) is 16.1. The molecule has 1 amide bonds. The zero-order chi connectivity index (χ0) is 43.7. The Morgan fingerprint density at radius 2 is 1.66 bits per heavy atom. The van der Waals surface area contributed by atoms with Gasteiger partial charge in [0.15, 0.2) is 0 Å². The number of nitrogens with one attached hydrogen (secondary N) is 1. The number of ether oxygens (including phenoxy) is 3. The van der Waals surface area contributed by atoms with E-state index in [1.54, 1.807) is 27.9 Å². The normalized spacial score (nSPS) is 23.9. The van der Waals surface area contributed by atoms with E-state index < -0.39 is 60.0 Å². The lowest BCUT2D eigenvalue weighted by atomic mass is 9.69. The summed E-state index contributed by atoms with van der Waals surface area (Å²) >= 11 is 1.50. The van der Waals surface area contributed by atoms with Gasteiger partial charge < -0.3 is 24.6 Å². The lowest BCUT2D eigenvalue weighted by Gasteiger charge is -2.60. The van der Waals surface area contributed by atoms with E-state index in [9.17, 15) is 29.5 Å². The molecular weight excluding hydrogens is 793 g/mol. The molecule has 3 heterocycles. The van der Waals surface area contributed by atoms with Crippen LogP contribution in [0.2, 0.25) is 0 Å². The molecule has 3 aliphatic heterocycles. The number of carbonyl (C=O) groups excluding carboxylic acids is 4. The van der Waals surface area contributed by atoms with Gasteiger partial charge in [-0.05, 0) is 106 Å². The standard InChI is InChI=1S/C48H52N4O8S/c1-24-17-27-18-35-37(20-49)52-36(41(51(35)7)39(27)25(2)45(24)58-8)19-32-40(44(55)43(54)26(3)42(32)53)38(52)21-59-46(56)34(50-47(57)60-48(4,5)6)23-61-22-33-30-15-11-9-13-28(30)29-14-10-12-16-31(29)33/h9-17,33-38,41,53H,18-19,21-23H2,1-8H3,(H,50,57)/t34-,35-,36+,37+,38+,41+/m1/s1. The Kier molecular flexibility index (Phi) is 11.2. The maximum absolute atomic E-state index is 14.4. The average Bonchev–Trinajstić information content (AvgIpc) is 3.53. The number of nitriles is 1. The fourth-order valence-electron chi connectivity index (χ4n) is 10.5. The van der Waals surface area contributed by atoms with Gasteiger partial charge in [-0.2, -0.15) is 17.0 Å². The number of rotatable bonds is 9. The quantitative estimate of drug-likeness (QED) is 0.132. The van der Waals surface area contributed by atoms with Crippen molar-refractivity contribution in [2.45, 2.75) is 102 Å². The first-order valence-electron chi connectivity index (χ1n) is 20.8. The molecule has 318 valence electrons. The van der Waals surface area contributed by atoms with E-state index in [4.69, 9.17) is 14.2 Å². The molecular formula is C48H52N4O8S. The first kappa shape index (κ1) is 42.3. The molecule has 1 fully saturated rings. The zero-order valence-electron chi connectivity index (χ0n) is 35.8. The SMILES string of the molecule is COc1c(C)cc2c(c1C)[C@@H]1[C@@H]3CC4=C(C(=O)C(=O)C(C)=C4O)[C@H](COC(=O)[C@@H](CSCC4c5ccccc5-c5ccccc54)NC(=O)OC(C)(C)C)N3[C@@H](C#N)[C@@H](C2)N1C. The Labute approximate surface area is 360 Å². The summed E-state index contributed by atoms with van der Waals surface area (Å²) in [5.74, 6) is -1.06. The van der Waals surface area contributed by atoms with Crippen LogP contribution in [0.25, 0.3) is 11.1 Å². The van der Waals surface area contributed by atoms with Crippen molar-refractivity contribution in [2.24, 2.45) is 0 Å². The van der Waals surface area contributed by atoms with Gasteiger partial charge in [0.1, 0.15) is 35.8 Å². The number of fused-ring (bicyclic) bond motifs is 9. The highest BCUT2D eigenvalue weighted by Gasteiger charge is 2.57. The third-order valence-electron chi connectivity index (χ3n) is 13.1. The topological polar surface area (TPSA) is 158 Å². The number of alkyl carbamates (subject to hydrolysis) is 1. The number of thioether (sulfide) groups is 1. The number of hydrogen-bond acceptors (Lipinski definition) is 12. The number of hydrogen-bond donors (Lipinski definition) is 2. The molecule has 3 aromatic rings. The molecule has 0 unspecified atom stereocenters. The summed E-state index contributed by atoms with van der Waals surface area (Å²) in [5, 5.41) is 25.3. The van der Waals surface area contributed by atoms with Crippen molar-refractivity contribution >= 4 is 35.4 Å². The van der Waals surface area contributed by atoms with Gasteiger partial charge in [-0.25, -0.2) is 9.59 Å². The third kappa shape index (κ3) is 7.22. The van der Waals surface area contributed by atoms with Crippen molar-refractivity contribution in [3.63, 3.8) is 0 Å². The fraction of sp³-hybridized carbons (Fsp3) is 0.438. The number of methoxy groups -OCH3 is 1. The largest absolute Gasteiger partial charge is 0.507 e. The fourth-order valence-corrected chi connectivity index (χ4v) is 11.7. The molecule has 0 radical (unpaired) electrons. The van der Waals surface area contributed by atoms with Gasteiger partial charge in [0.25, 0.3) is 0 Å². The van der Waals surface area contributed by atoms with Crippen LogP contribution in [0.4, 0.5) is 4.79 Å². The monoisotopic (exact) mass is 844 g/mol. The van der Waals surface area contributed by atoms with Crippen molar-refractivity contribution in [3.8, 4) is 22.9 Å². The maximum atomic E-state index is 14.4. The highest BCUT2D eigenvalue weighted by atomic mass is 32.2. The van der Waals surface area contributed by atoms with E-state index in [0.29, 0.717) is 17.7 Å². The second-order valence-electron chi connectivity index (χ2n) is 17.7. The van der Waals surface area contributed by atoms with Crippen molar-refractivity contribution < 1.29 is 38.5 Å². The van der Waals surface area contributed by atoms with Gasteiger partial charge in [-0.3, -0.25) is 19.4 Å². The number of benzene rings is 3. The van der Waals surface area contributed by atoms with E-state index in [-0.39, 0.29) is 47.1 Å². The first-order valence-corrected chi connectivity index (χ1v) is 21.9. The summed E-state index contributed by atoms with van der Waals surface area (Å²) in [6.45, 7) is 10.2. The van der Waals surface area contributed by atoms with Crippen molar-refractivity contribution in [1.82, 2.24) is 15.1 Å².